The van der Waals surface area contributed by atoms with Gasteiger partial charge in [0.2, 0.25) is 5.91 Å². The van der Waals surface area contributed by atoms with Crippen LogP contribution in [0.3, 0.4) is 0 Å². The van der Waals surface area contributed by atoms with Crippen molar-refractivity contribution in [2.24, 2.45) is 0 Å². The quantitative estimate of drug-likeness (QED) is 0.797. The van der Waals surface area contributed by atoms with Crippen LogP contribution in [0.5, 0.6) is 0 Å². The molecule has 1 amide bonds. The topological polar surface area (TPSA) is 63.9 Å². The summed E-state index contributed by atoms with van der Waals surface area (Å²) in [6.45, 7) is -0.325. The molecule has 0 aliphatic carbocycles. The van der Waals surface area contributed by atoms with Crippen LogP contribution < -0.4 is 0 Å². The average molecular weight is 343 g/mol. The molecule has 24 heavy (non-hydrogen) atoms. The lowest BCUT2D eigenvalue weighted by Gasteiger charge is -2.22. The van der Waals surface area contributed by atoms with Crippen LogP contribution in [0.2, 0.25) is 0 Å². The van der Waals surface area contributed by atoms with E-state index in [-0.39, 0.29) is 31.6 Å². The molecule has 10 heteroatoms. The Morgan fingerprint density at radius 3 is 2.79 bits per heavy atom. The predicted octanol–water partition coefficient (Wildman–Crippen LogP) is 1.79. The number of carbonyl (C=O) groups is 1. The maximum atomic E-state index is 15.1. The van der Waals surface area contributed by atoms with Gasteiger partial charge in [-0.05, 0) is 28.1 Å². The minimum atomic E-state index is -4.54. The van der Waals surface area contributed by atoms with Gasteiger partial charge in [-0.2, -0.15) is 13.2 Å². The van der Waals surface area contributed by atoms with E-state index in [9.17, 15) is 18.0 Å². The van der Waals surface area contributed by atoms with Crippen molar-refractivity contribution < 1.29 is 22.4 Å². The Morgan fingerprint density at radius 2 is 2.12 bits per heavy atom. The molecule has 2 heterocycles. The smallest absolute Gasteiger partial charge is 0.337 e. The van der Waals surface area contributed by atoms with Crippen LogP contribution in [0, 0.1) is 0 Å². The lowest BCUT2D eigenvalue weighted by Crippen LogP contribution is -2.34. The maximum Gasteiger partial charge on any atom is 0.416 e. The van der Waals surface area contributed by atoms with Gasteiger partial charge in [0.15, 0.2) is 5.67 Å². The summed E-state index contributed by atoms with van der Waals surface area (Å²) in [5, 5.41) is 10.3. The minimum Gasteiger partial charge on any atom is -0.337 e. The molecular formula is C14H13F4N5O. The normalized spacial score (nSPS) is 21.2. The summed E-state index contributed by atoms with van der Waals surface area (Å²) in [5.41, 5.74) is -2.98. The van der Waals surface area contributed by atoms with Crippen LogP contribution >= 0.6 is 0 Å². The molecule has 0 radical (unpaired) electrons. The van der Waals surface area contributed by atoms with Gasteiger partial charge in [-0.25, -0.2) is 9.07 Å². The van der Waals surface area contributed by atoms with E-state index in [1.54, 1.807) is 0 Å². The van der Waals surface area contributed by atoms with Gasteiger partial charge < -0.3 is 4.90 Å². The molecule has 1 fully saturated rings. The number of hydrogen-bond acceptors (Lipinski definition) is 4. The van der Waals surface area contributed by atoms with E-state index in [4.69, 9.17) is 0 Å². The van der Waals surface area contributed by atoms with E-state index >= 15 is 4.39 Å². The zero-order chi connectivity index (χ0) is 17.4. The van der Waals surface area contributed by atoms with Crippen molar-refractivity contribution in [3.8, 4) is 0 Å². The van der Waals surface area contributed by atoms with Crippen molar-refractivity contribution in [1.82, 2.24) is 25.1 Å². The molecule has 3 rings (SSSR count). The number of likely N-dealkylation sites (tertiary alicyclic amines) is 1. The second kappa shape index (κ2) is 5.84. The Bertz CT molecular complexity index is 733. The van der Waals surface area contributed by atoms with Crippen molar-refractivity contribution in [2.75, 3.05) is 13.1 Å². The second-order valence-corrected chi connectivity index (χ2v) is 5.62. The van der Waals surface area contributed by atoms with Gasteiger partial charge in [0, 0.05) is 13.0 Å². The van der Waals surface area contributed by atoms with E-state index in [0.717, 1.165) is 12.1 Å². The summed E-state index contributed by atoms with van der Waals surface area (Å²) >= 11 is 0. The first-order valence-electron chi connectivity index (χ1n) is 7.13. The van der Waals surface area contributed by atoms with Crippen LogP contribution in [-0.4, -0.2) is 44.1 Å². The number of hydrogen-bond donors (Lipinski definition) is 0. The molecule has 1 aromatic carbocycles. The third-order valence-corrected chi connectivity index (χ3v) is 3.97. The van der Waals surface area contributed by atoms with E-state index in [0.29, 0.717) is 0 Å². The average Bonchev–Trinajstić information content (AvgIpc) is 3.17. The highest BCUT2D eigenvalue weighted by Crippen LogP contribution is 2.39. The number of rotatable bonds is 3. The van der Waals surface area contributed by atoms with Crippen molar-refractivity contribution in [3.05, 3.63) is 41.7 Å². The monoisotopic (exact) mass is 343 g/mol. The lowest BCUT2D eigenvalue weighted by molar-refractivity contribution is -0.137. The van der Waals surface area contributed by atoms with Gasteiger partial charge in [-0.1, -0.05) is 12.1 Å². The summed E-state index contributed by atoms with van der Waals surface area (Å²) in [6.07, 6.45) is -3.35. The number of aromatic nitrogens is 4. The van der Waals surface area contributed by atoms with Gasteiger partial charge in [0.1, 0.15) is 12.9 Å². The lowest BCUT2D eigenvalue weighted by atomic mass is 9.93. The van der Waals surface area contributed by atoms with Crippen LogP contribution in [0.25, 0.3) is 0 Å². The Labute approximate surface area is 134 Å². The molecule has 0 spiro atoms. The van der Waals surface area contributed by atoms with E-state index in [2.05, 4.69) is 15.5 Å². The van der Waals surface area contributed by atoms with Gasteiger partial charge in [-0.3, -0.25) is 4.79 Å². The Morgan fingerprint density at radius 1 is 1.33 bits per heavy atom. The molecule has 6 nitrogen and oxygen atoms in total. The van der Waals surface area contributed by atoms with Crippen molar-refractivity contribution in [3.63, 3.8) is 0 Å². The van der Waals surface area contributed by atoms with E-state index < -0.39 is 23.3 Å². The molecule has 0 N–H and O–H groups in total. The number of benzene rings is 1. The van der Waals surface area contributed by atoms with E-state index in [1.165, 1.54) is 28.0 Å². The summed E-state index contributed by atoms with van der Waals surface area (Å²) in [6, 6.07) is 4.17. The van der Waals surface area contributed by atoms with Crippen molar-refractivity contribution in [2.45, 2.75) is 24.8 Å². The van der Waals surface area contributed by atoms with Crippen LogP contribution in [0.1, 0.15) is 17.5 Å². The molecule has 1 aromatic heterocycles. The zero-order valence-electron chi connectivity index (χ0n) is 12.4. The highest BCUT2D eigenvalue weighted by Gasteiger charge is 2.43. The van der Waals surface area contributed by atoms with Crippen molar-refractivity contribution in [1.29, 1.82) is 0 Å². The molecule has 128 valence electrons. The van der Waals surface area contributed by atoms with Gasteiger partial charge in [-0.15, -0.1) is 5.10 Å². The molecule has 0 unspecified atom stereocenters. The zero-order valence-corrected chi connectivity index (χ0v) is 12.4. The number of halogens is 4. The van der Waals surface area contributed by atoms with Crippen LogP contribution in [-0.2, 0) is 23.2 Å². The fraction of sp³-hybridized carbons (Fsp3) is 0.429. The Balaban J connectivity index is 1.74. The third kappa shape index (κ3) is 3.22. The highest BCUT2D eigenvalue weighted by atomic mass is 19.4. The third-order valence-electron chi connectivity index (χ3n) is 3.97. The first-order valence-corrected chi connectivity index (χ1v) is 7.13. The molecule has 1 aliphatic heterocycles. The molecule has 0 saturated carbocycles. The molecule has 1 aliphatic rings. The van der Waals surface area contributed by atoms with E-state index in [1.807, 2.05) is 0 Å². The predicted molar refractivity (Wildman–Crippen MR) is 73.2 cm³/mol. The maximum absolute atomic E-state index is 15.1. The Kier molecular flexibility index (Phi) is 3.98. The largest absolute Gasteiger partial charge is 0.416 e. The molecule has 1 atom stereocenters. The fourth-order valence-corrected chi connectivity index (χ4v) is 2.69. The fourth-order valence-electron chi connectivity index (χ4n) is 2.69. The molecule has 2 aromatic rings. The van der Waals surface area contributed by atoms with Gasteiger partial charge in [0.05, 0.1) is 12.1 Å². The summed E-state index contributed by atoms with van der Waals surface area (Å²) in [4.78, 5) is 13.4. The summed E-state index contributed by atoms with van der Waals surface area (Å²) in [5.74, 6) is -0.395. The summed E-state index contributed by atoms with van der Waals surface area (Å²) < 4.78 is 54.7. The van der Waals surface area contributed by atoms with Crippen LogP contribution in [0.15, 0.2) is 30.6 Å². The minimum absolute atomic E-state index is 0.0599. The molecule has 0 bridgehead atoms. The SMILES string of the molecule is O=C(Cn1cnnn1)N1CC[C@@](F)(c2cccc(C(F)(F)F)c2)C1. The van der Waals surface area contributed by atoms with Gasteiger partial charge in [0.25, 0.3) is 0 Å². The highest BCUT2D eigenvalue weighted by molar-refractivity contribution is 5.76. The number of nitrogens with zero attached hydrogens (tertiary/aromatic N) is 5. The number of tetrazole rings is 1. The second-order valence-electron chi connectivity index (χ2n) is 5.62. The number of amides is 1. The number of alkyl halides is 4. The first kappa shape index (κ1) is 16.3. The first-order chi connectivity index (χ1) is 11.3. The van der Waals surface area contributed by atoms with Crippen molar-refractivity contribution >= 4 is 5.91 Å². The Hall–Kier alpha value is -2.52. The standard InChI is InChI=1S/C14H13F4N5O/c15-13(10-2-1-3-11(6-10)14(16,17)18)4-5-22(8-13)12(24)7-23-9-19-20-21-23/h1-3,6,9H,4-5,7-8H2/t13-/m0/s1. The van der Waals surface area contributed by atoms with Crippen LogP contribution in [0.4, 0.5) is 17.6 Å². The van der Waals surface area contributed by atoms with Gasteiger partial charge >= 0.3 is 6.18 Å². The molecular weight excluding hydrogens is 330 g/mol. The number of carbonyl (C=O) groups excluding carboxylic acids is 1. The summed E-state index contributed by atoms with van der Waals surface area (Å²) in [7, 11) is 0. The molecule has 1 saturated heterocycles.